The highest BCUT2D eigenvalue weighted by Gasteiger charge is 2.23. The van der Waals surface area contributed by atoms with Gasteiger partial charge in [0.1, 0.15) is 11.3 Å². The number of nitrogens with one attached hydrogen (secondary N) is 1. The molecule has 0 unspecified atom stereocenters. The SMILES string of the molecule is CC(C)(C)OC(=O)Nc1ccc(C(C)(C)C)cc1[N+](=O)[O-]. The Labute approximate surface area is 124 Å². The maximum Gasteiger partial charge on any atom is 0.412 e. The molecule has 0 spiro atoms. The Kier molecular flexibility index (Phi) is 4.61. The first-order valence-corrected chi connectivity index (χ1v) is 6.69. The molecule has 0 atom stereocenters. The number of nitro groups is 1. The lowest BCUT2D eigenvalue weighted by Gasteiger charge is -2.21. The number of amides is 1. The van der Waals surface area contributed by atoms with Crippen LogP contribution in [0.25, 0.3) is 0 Å². The molecule has 0 fully saturated rings. The van der Waals surface area contributed by atoms with Crippen molar-refractivity contribution in [1.29, 1.82) is 0 Å². The topological polar surface area (TPSA) is 81.5 Å². The van der Waals surface area contributed by atoms with Crippen molar-refractivity contribution in [2.24, 2.45) is 0 Å². The van der Waals surface area contributed by atoms with Crippen LogP contribution in [0.1, 0.15) is 47.1 Å². The molecule has 0 bridgehead atoms. The molecule has 0 aliphatic heterocycles. The second kappa shape index (κ2) is 5.71. The Morgan fingerprint density at radius 2 is 1.76 bits per heavy atom. The van der Waals surface area contributed by atoms with Gasteiger partial charge in [0.15, 0.2) is 0 Å². The second-order valence-electron chi connectivity index (χ2n) is 6.87. The van der Waals surface area contributed by atoms with E-state index in [-0.39, 0.29) is 16.8 Å². The molecular weight excluding hydrogens is 272 g/mol. The van der Waals surface area contributed by atoms with Crippen molar-refractivity contribution in [2.75, 3.05) is 5.32 Å². The summed E-state index contributed by atoms with van der Waals surface area (Å²) in [7, 11) is 0. The molecule has 0 saturated heterocycles. The lowest BCUT2D eigenvalue weighted by Crippen LogP contribution is -2.27. The van der Waals surface area contributed by atoms with Crippen molar-refractivity contribution < 1.29 is 14.5 Å². The molecule has 0 saturated carbocycles. The molecule has 0 radical (unpaired) electrons. The zero-order valence-corrected chi connectivity index (χ0v) is 13.3. The van der Waals surface area contributed by atoms with Gasteiger partial charge in [0.2, 0.25) is 0 Å². The van der Waals surface area contributed by atoms with Gasteiger partial charge in [-0.3, -0.25) is 15.4 Å². The van der Waals surface area contributed by atoms with Crippen LogP contribution in [0.5, 0.6) is 0 Å². The van der Waals surface area contributed by atoms with Gasteiger partial charge in [0, 0.05) is 6.07 Å². The average molecular weight is 294 g/mol. The highest BCUT2D eigenvalue weighted by Crippen LogP contribution is 2.31. The minimum absolute atomic E-state index is 0.127. The quantitative estimate of drug-likeness (QED) is 0.653. The van der Waals surface area contributed by atoms with E-state index in [4.69, 9.17) is 4.74 Å². The normalized spacial score (nSPS) is 11.9. The van der Waals surface area contributed by atoms with Gasteiger partial charge in [0.25, 0.3) is 5.69 Å². The number of hydrogen-bond acceptors (Lipinski definition) is 4. The second-order valence-corrected chi connectivity index (χ2v) is 6.87. The highest BCUT2D eigenvalue weighted by atomic mass is 16.6. The summed E-state index contributed by atoms with van der Waals surface area (Å²) < 4.78 is 5.10. The van der Waals surface area contributed by atoms with Gasteiger partial charge in [-0.15, -0.1) is 0 Å². The molecule has 1 aromatic carbocycles. The van der Waals surface area contributed by atoms with Crippen LogP contribution in [-0.4, -0.2) is 16.6 Å². The van der Waals surface area contributed by atoms with Crippen molar-refractivity contribution >= 4 is 17.5 Å². The van der Waals surface area contributed by atoms with Crippen LogP contribution in [0.4, 0.5) is 16.2 Å². The molecule has 1 N–H and O–H groups in total. The van der Waals surface area contributed by atoms with E-state index in [0.717, 1.165) is 5.56 Å². The predicted molar refractivity (Wildman–Crippen MR) is 81.7 cm³/mol. The van der Waals surface area contributed by atoms with Crippen LogP contribution in [0.2, 0.25) is 0 Å². The highest BCUT2D eigenvalue weighted by molar-refractivity contribution is 5.88. The van der Waals surface area contributed by atoms with Crippen LogP contribution >= 0.6 is 0 Å². The lowest BCUT2D eigenvalue weighted by molar-refractivity contribution is -0.384. The Balaban J connectivity index is 3.08. The Morgan fingerprint density at radius 3 is 2.19 bits per heavy atom. The number of anilines is 1. The molecule has 6 nitrogen and oxygen atoms in total. The van der Waals surface area contributed by atoms with Crippen LogP contribution in [0.3, 0.4) is 0 Å². The number of carbonyl (C=O) groups excluding carboxylic acids is 1. The monoisotopic (exact) mass is 294 g/mol. The van der Waals surface area contributed by atoms with Gasteiger partial charge in [0.05, 0.1) is 4.92 Å². The minimum Gasteiger partial charge on any atom is -0.444 e. The standard InChI is InChI=1S/C15H22N2O4/c1-14(2,3)10-7-8-11(12(9-10)17(19)20)16-13(18)21-15(4,5)6/h7-9H,1-6H3,(H,16,18). The first-order chi connectivity index (χ1) is 9.40. The number of benzene rings is 1. The molecule has 6 heteroatoms. The van der Waals surface area contributed by atoms with E-state index in [1.807, 2.05) is 20.8 Å². The number of rotatable bonds is 2. The zero-order valence-electron chi connectivity index (χ0n) is 13.3. The third-order valence-electron chi connectivity index (χ3n) is 2.70. The predicted octanol–water partition coefficient (Wildman–Crippen LogP) is 4.24. The summed E-state index contributed by atoms with van der Waals surface area (Å²) in [6.45, 7) is 11.1. The fraction of sp³-hybridized carbons (Fsp3) is 0.533. The van der Waals surface area contributed by atoms with Gasteiger partial charge in [-0.25, -0.2) is 4.79 Å². The van der Waals surface area contributed by atoms with Gasteiger partial charge >= 0.3 is 6.09 Å². The number of hydrogen-bond donors (Lipinski definition) is 1. The van der Waals surface area contributed by atoms with Crippen LogP contribution in [0, 0.1) is 10.1 Å². The van der Waals surface area contributed by atoms with Crippen molar-refractivity contribution in [3.05, 3.63) is 33.9 Å². The largest absolute Gasteiger partial charge is 0.444 e. The summed E-state index contributed by atoms with van der Waals surface area (Å²) >= 11 is 0. The van der Waals surface area contributed by atoms with Crippen molar-refractivity contribution in [3.8, 4) is 0 Å². The summed E-state index contributed by atoms with van der Waals surface area (Å²) in [6.07, 6.45) is -0.714. The van der Waals surface area contributed by atoms with E-state index in [2.05, 4.69) is 5.32 Å². The fourth-order valence-corrected chi connectivity index (χ4v) is 1.67. The molecule has 0 heterocycles. The van der Waals surface area contributed by atoms with Crippen molar-refractivity contribution in [2.45, 2.75) is 52.6 Å². The van der Waals surface area contributed by atoms with E-state index in [0.29, 0.717) is 0 Å². The molecule has 21 heavy (non-hydrogen) atoms. The van der Waals surface area contributed by atoms with Gasteiger partial charge < -0.3 is 4.74 Å². The van der Waals surface area contributed by atoms with Gasteiger partial charge in [-0.2, -0.15) is 0 Å². The smallest absolute Gasteiger partial charge is 0.412 e. The summed E-state index contributed by atoms with van der Waals surface area (Å²) in [5.41, 5.74) is -0.0705. The maximum atomic E-state index is 11.7. The minimum atomic E-state index is -0.714. The third-order valence-corrected chi connectivity index (χ3v) is 2.70. The Bertz CT molecular complexity index is 554. The maximum absolute atomic E-state index is 11.7. The van der Waals surface area contributed by atoms with Gasteiger partial charge in [-0.1, -0.05) is 26.8 Å². The van der Waals surface area contributed by atoms with Gasteiger partial charge in [-0.05, 0) is 37.8 Å². The summed E-state index contributed by atoms with van der Waals surface area (Å²) in [4.78, 5) is 22.4. The first-order valence-electron chi connectivity index (χ1n) is 6.69. The van der Waals surface area contributed by atoms with E-state index in [1.54, 1.807) is 26.8 Å². The lowest BCUT2D eigenvalue weighted by atomic mass is 9.86. The number of nitrogens with zero attached hydrogens (tertiary/aromatic N) is 1. The zero-order chi connectivity index (χ0) is 16.4. The summed E-state index contributed by atoms with van der Waals surface area (Å²) in [6, 6.07) is 4.77. The van der Waals surface area contributed by atoms with Crippen molar-refractivity contribution in [1.82, 2.24) is 0 Å². The van der Waals surface area contributed by atoms with E-state index in [9.17, 15) is 14.9 Å². The summed E-state index contributed by atoms with van der Waals surface area (Å²) in [5.74, 6) is 0. The molecule has 1 amide bonds. The molecular formula is C15H22N2O4. The molecule has 0 aromatic heterocycles. The van der Waals surface area contributed by atoms with E-state index >= 15 is 0 Å². The Hall–Kier alpha value is -2.11. The van der Waals surface area contributed by atoms with E-state index < -0.39 is 16.6 Å². The number of ether oxygens (including phenoxy) is 1. The van der Waals surface area contributed by atoms with Crippen molar-refractivity contribution in [3.63, 3.8) is 0 Å². The molecule has 0 aliphatic carbocycles. The number of carbonyl (C=O) groups is 1. The average Bonchev–Trinajstić information content (AvgIpc) is 2.24. The van der Waals surface area contributed by atoms with E-state index in [1.165, 1.54) is 12.1 Å². The first kappa shape index (κ1) is 16.9. The van der Waals surface area contributed by atoms with Crippen LogP contribution in [-0.2, 0) is 10.2 Å². The Morgan fingerprint density at radius 1 is 1.19 bits per heavy atom. The number of nitro benzene ring substituents is 1. The summed E-state index contributed by atoms with van der Waals surface area (Å²) in [5, 5.41) is 13.6. The fourth-order valence-electron chi connectivity index (χ4n) is 1.67. The third kappa shape index (κ3) is 5.06. The van der Waals surface area contributed by atoms with Crippen LogP contribution in [0.15, 0.2) is 18.2 Å². The molecule has 1 rings (SSSR count). The molecule has 116 valence electrons. The molecule has 1 aromatic rings. The van der Waals surface area contributed by atoms with Crippen LogP contribution < -0.4 is 5.32 Å². The molecule has 0 aliphatic rings.